The second-order valence-electron chi connectivity index (χ2n) is 6.01. The molecule has 0 aliphatic rings. The van der Waals surface area contributed by atoms with Crippen molar-refractivity contribution in [3.8, 4) is 10.6 Å². The van der Waals surface area contributed by atoms with Crippen LogP contribution in [0.25, 0.3) is 10.6 Å². The van der Waals surface area contributed by atoms with Gasteiger partial charge in [0.15, 0.2) is 15.5 Å². The lowest BCUT2D eigenvalue weighted by Crippen LogP contribution is -2.47. The van der Waals surface area contributed by atoms with Crippen molar-refractivity contribution in [3.63, 3.8) is 0 Å². The number of carboxylic acids is 1. The van der Waals surface area contributed by atoms with Gasteiger partial charge in [-0.1, -0.05) is 18.2 Å². The predicted molar refractivity (Wildman–Crippen MR) is 95.3 cm³/mol. The number of hydrogen-bond donors (Lipinski definition) is 2. The molecule has 25 heavy (non-hydrogen) atoms. The van der Waals surface area contributed by atoms with E-state index in [-0.39, 0.29) is 12.2 Å². The maximum atomic E-state index is 12.2. The van der Waals surface area contributed by atoms with Gasteiger partial charge >= 0.3 is 5.97 Å². The number of nitrogens with one attached hydrogen (secondary N) is 1. The maximum absolute atomic E-state index is 12.2. The summed E-state index contributed by atoms with van der Waals surface area (Å²) in [6, 6.07) is 7.11. The number of benzene rings is 1. The molecule has 0 radical (unpaired) electrons. The zero-order valence-electron chi connectivity index (χ0n) is 13.9. The fraction of sp³-hybridized carbons (Fsp3) is 0.312. The van der Waals surface area contributed by atoms with E-state index in [1.54, 1.807) is 24.3 Å². The van der Waals surface area contributed by atoms with E-state index in [1.165, 1.54) is 30.6 Å². The number of rotatable bonds is 6. The monoisotopic (exact) mass is 382 g/mol. The molecule has 1 aromatic heterocycles. The molecule has 1 aromatic carbocycles. The zero-order chi connectivity index (χ0) is 18.8. The molecule has 0 saturated heterocycles. The van der Waals surface area contributed by atoms with Crippen LogP contribution < -0.4 is 5.32 Å². The first-order valence-electron chi connectivity index (χ1n) is 7.28. The third kappa shape index (κ3) is 4.23. The zero-order valence-corrected chi connectivity index (χ0v) is 15.6. The van der Waals surface area contributed by atoms with Crippen molar-refractivity contribution < 1.29 is 23.1 Å². The second-order valence-corrected chi connectivity index (χ2v) is 9.43. The number of carbonyl (C=O) groups excluding carboxylic acids is 1. The molecule has 2 rings (SSSR count). The summed E-state index contributed by atoms with van der Waals surface area (Å²) in [5.74, 6) is -1.67. The van der Waals surface area contributed by atoms with Gasteiger partial charge in [0.1, 0.15) is 9.75 Å². The molecule has 1 amide bonds. The number of sulfone groups is 1. The lowest BCUT2D eigenvalue weighted by atomic mass is 10.1. The number of aromatic nitrogens is 1. The number of carboxylic acid groups (broad SMARTS) is 1. The molecule has 2 N–H and O–H groups in total. The third-order valence-corrected chi connectivity index (χ3v) is 6.75. The average molecular weight is 382 g/mol. The maximum Gasteiger partial charge on any atom is 0.355 e. The van der Waals surface area contributed by atoms with Crippen LogP contribution in [0.15, 0.2) is 29.6 Å². The van der Waals surface area contributed by atoms with E-state index in [0.717, 1.165) is 17.4 Å². The molecule has 0 aliphatic heterocycles. The summed E-state index contributed by atoms with van der Waals surface area (Å²) < 4.78 is 21.9. The van der Waals surface area contributed by atoms with Crippen LogP contribution >= 0.6 is 11.3 Å². The minimum absolute atomic E-state index is 0.0198. The first-order chi connectivity index (χ1) is 11.5. The summed E-state index contributed by atoms with van der Waals surface area (Å²) in [7, 11) is -3.54. The lowest BCUT2D eigenvalue weighted by Gasteiger charge is -2.21. The molecular weight excluding hydrogens is 364 g/mol. The van der Waals surface area contributed by atoms with Gasteiger partial charge in [0.05, 0.1) is 0 Å². The number of hydrogen-bond acceptors (Lipinski definition) is 6. The first kappa shape index (κ1) is 19.1. The highest BCUT2D eigenvalue weighted by atomic mass is 32.2. The molecule has 1 heterocycles. The van der Waals surface area contributed by atoms with Crippen molar-refractivity contribution in [2.75, 3.05) is 6.26 Å². The second kappa shape index (κ2) is 6.93. The number of amides is 1. The van der Waals surface area contributed by atoms with Gasteiger partial charge < -0.3 is 10.4 Å². The summed E-state index contributed by atoms with van der Waals surface area (Å²) in [6.07, 6.45) is 1.02. The number of carbonyl (C=O) groups is 2. The molecule has 0 fully saturated rings. The van der Waals surface area contributed by atoms with Crippen LogP contribution in [0.4, 0.5) is 0 Å². The van der Waals surface area contributed by atoms with Gasteiger partial charge in [-0.15, -0.1) is 11.3 Å². The van der Waals surface area contributed by atoms with Crippen LogP contribution in [0, 0.1) is 0 Å². The Kier molecular flexibility index (Phi) is 5.28. The van der Waals surface area contributed by atoms with Gasteiger partial charge in [-0.3, -0.25) is 4.79 Å². The number of aromatic carboxylic acids is 1. The summed E-state index contributed by atoms with van der Waals surface area (Å²) >= 11 is 1.21. The Morgan fingerprint density at radius 1 is 1.32 bits per heavy atom. The van der Waals surface area contributed by atoms with E-state index >= 15 is 0 Å². The lowest BCUT2D eigenvalue weighted by molar-refractivity contribution is -0.123. The van der Waals surface area contributed by atoms with Crippen molar-refractivity contribution in [1.82, 2.24) is 10.3 Å². The van der Waals surface area contributed by atoms with E-state index in [0.29, 0.717) is 5.01 Å². The van der Waals surface area contributed by atoms with Gasteiger partial charge in [0.25, 0.3) is 0 Å². The van der Waals surface area contributed by atoms with Crippen molar-refractivity contribution in [2.24, 2.45) is 0 Å². The first-order valence-corrected chi connectivity index (χ1v) is 10.1. The van der Waals surface area contributed by atoms with Crippen molar-refractivity contribution in [2.45, 2.75) is 25.1 Å². The quantitative estimate of drug-likeness (QED) is 0.789. The standard InChI is InChI=1S/C16H18N2O5S2/c1-16(2,25(3,22)23)15(21)17-8-10-5-4-6-11(7-10)13-18-12(9-24-13)14(19)20/h4-7,9H,8H2,1-3H3,(H,17,21)(H,19,20). The van der Waals surface area contributed by atoms with E-state index in [9.17, 15) is 18.0 Å². The Morgan fingerprint density at radius 3 is 2.56 bits per heavy atom. The summed E-state index contributed by atoms with van der Waals surface area (Å²) in [6.45, 7) is 2.87. The summed E-state index contributed by atoms with van der Waals surface area (Å²) in [5.41, 5.74) is 1.46. The van der Waals surface area contributed by atoms with E-state index in [4.69, 9.17) is 5.11 Å². The van der Waals surface area contributed by atoms with E-state index in [1.807, 2.05) is 0 Å². The van der Waals surface area contributed by atoms with Gasteiger partial charge in [0, 0.05) is 23.7 Å². The van der Waals surface area contributed by atoms with Crippen LogP contribution in [0.1, 0.15) is 29.9 Å². The fourth-order valence-electron chi connectivity index (χ4n) is 1.88. The van der Waals surface area contributed by atoms with Crippen LogP contribution in [0.5, 0.6) is 0 Å². The Bertz CT molecular complexity index is 916. The van der Waals surface area contributed by atoms with Crippen molar-refractivity contribution >= 4 is 33.1 Å². The minimum Gasteiger partial charge on any atom is -0.476 e. The van der Waals surface area contributed by atoms with E-state index in [2.05, 4.69) is 10.3 Å². The van der Waals surface area contributed by atoms with Crippen molar-refractivity contribution in [3.05, 3.63) is 40.9 Å². The summed E-state index contributed by atoms with van der Waals surface area (Å²) in [4.78, 5) is 27.1. The Labute approximate surface area is 149 Å². The largest absolute Gasteiger partial charge is 0.476 e. The highest BCUT2D eigenvalue weighted by molar-refractivity contribution is 7.92. The van der Waals surface area contributed by atoms with Crippen molar-refractivity contribution in [1.29, 1.82) is 0 Å². The number of nitrogens with zero attached hydrogens (tertiary/aromatic N) is 1. The Balaban J connectivity index is 2.14. The normalized spacial score (nSPS) is 12.0. The molecule has 0 atom stereocenters. The predicted octanol–water partition coefficient (Wildman–Crippen LogP) is 1.95. The van der Waals surface area contributed by atoms with Gasteiger partial charge in [0.2, 0.25) is 5.91 Å². The molecule has 0 saturated carbocycles. The van der Waals surface area contributed by atoms with Gasteiger partial charge in [-0.05, 0) is 25.5 Å². The molecule has 0 spiro atoms. The van der Waals surface area contributed by atoms with E-state index < -0.39 is 26.5 Å². The van der Waals surface area contributed by atoms with Crippen LogP contribution in [-0.2, 0) is 21.2 Å². The molecule has 2 aromatic rings. The molecule has 7 nitrogen and oxygen atoms in total. The van der Waals surface area contributed by atoms with Crippen LogP contribution in [-0.4, -0.2) is 41.4 Å². The molecule has 0 aliphatic carbocycles. The molecule has 134 valence electrons. The molecule has 0 unspecified atom stereocenters. The van der Waals surface area contributed by atoms with Crippen LogP contribution in [0.2, 0.25) is 0 Å². The molecule has 9 heteroatoms. The van der Waals surface area contributed by atoms with Crippen LogP contribution in [0.3, 0.4) is 0 Å². The molecular formula is C16H18N2O5S2. The SMILES string of the molecule is CC(C)(C(=O)NCc1cccc(-c2nc(C(=O)O)cs2)c1)S(C)(=O)=O. The Morgan fingerprint density at radius 2 is 2.00 bits per heavy atom. The third-order valence-electron chi connectivity index (χ3n) is 3.82. The average Bonchev–Trinajstić information content (AvgIpc) is 3.02. The topological polar surface area (TPSA) is 113 Å². The Hall–Kier alpha value is -2.26. The fourth-order valence-corrected chi connectivity index (χ4v) is 3.08. The summed E-state index contributed by atoms with van der Waals surface area (Å²) in [5, 5.41) is 13.6. The highest BCUT2D eigenvalue weighted by Crippen LogP contribution is 2.24. The van der Waals surface area contributed by atoms with Gasteiger partial charge in [-0.25, -0.2) is 18.2 Å². The minimum atomic E-state index is -3.54. The highest BCUT2D eigenvalue weighted by Gasteiger charge is 2.38. The van der Waals surface area contributed by atoms with Gasteiger partial charge in [-0.2, -0.15) is 0 Å². The number of thiazole rings is 1. The molecule has 0 bridgehead atoms. The smallest absolute Gasteiger partial charge is 0.355 e.